The Kier molecular flexibility index (Phi) is 6.07. The van der Waals surface area contributed by atoms with Crippen LogP contribution >= 0.6 is 0 Å². The van der Waals surface area contributed by atoms with Crippen LogP contribution in [0.2, 0.25) is 0 Å². The highest BCUT2D eigenvalue weighted by Crippen LogP contribution is 2.20. The van der Waals surface area contributed by atoms with Crippen molar-refractivity contribution in [2.45, 2.75) is 13.0 Å². The molecule has 0 heterocycles. The monoisotopic (exact) mass is 374 g/mol. The normalized spacial score (nSPS) is 11.4. The second-order valence-electron chi connectivity index (χ2n) is 6.34. The summed E-state index contributed by atoms with van der Waals surface area (Å²) in [7, 11) is 1.52. The van der Waals surface area contributed by atoms with E-state index in [9.17, 15) is 9.59 Å². The number of amides is 2. The second kappa shape index (κ2) is 8.86. The Labute approximate surface area is 164 Å². The lowest BCUT2D eigenvalue weighted by Crippen LogP contribution is -2.26. The smallest absolute Gasteiger partial charge is 0.259 e. The quantitative estimate of drug-likeness (QED) is 0.670. The molecule has 142 valence electrons. The van der Waals surface area contributed by atoms with E-state index >= 15 is 0 Å². The van der Waals surface area contributed by atoms with Crippen LogP contribution in [0.15, 0.2) is 78.9 Å². The van der Waals surface area contributed by atoms with E-state index < -0.39 is 0 Å². The van der Waals surface area contributed by atoms with Gasteiger partial charge in [-0.1, -0.05) is 48.5 Å². The van der Waals surface area contributed by atoms with Gasteiger partial charge < -0.3 is 15.4 Å². The molecular formula is C23H22N2O3. The zero-order chi connectivity index (χ0) is 19.9. The van der Waals surface area contributed by atoms with Crippen molar-refractivity contribution in [3.8, 4) is 5.75 Å². The van der Waals surface area contributed by atoms with E-state index in [0.29, 0.717) is 22.6 Å². The summed E-state index contributed by atoms with van der Waals surface area (Å²) in [6.45, 7) is 1.93. The maximum atomic E-state index is 12.6. The Balaban J connectivity index is 1.71. The summed E-state index contributed by atoms with van der Waals surface area (Å²) in [6, 6.07) is 23.4. The van der Waals surface area contributed by atoms with E-state index in [4.69, 9.17) is 4.74 Å². The van der Waals surface area contributed by atoms with Crippen molar-refractivity contribution in [2.24, 2.45) is 0 Å². The third kappa shape index (κ3) is 4.57. The average Bonchev–Trinajstić information content (AvgIpc) is 2.74. The minimum Gasteiger partial charge on any atom is -0.496 e. The molecule has 5 nitrogen and oxygen atoms in total. The van der Waals surface area contributed by atoms with Gasteiger partial charge in [0.1, 0.15) is 5.75 Å². The highest BCUT2D eigenvalue weighted by molar-refractivity contribution is 6.06. The van der Waals surface area contributed by atoms with E-state index in [-0.39, 0.29) is 17.9 Å². The molecule has 1 unspecified atom stereocenters. The number of nitrogens with one attached hydrogen (secondary N) is 2. The summed E-state index contributed by atoms with van der Waals surface area (Å²) in [6.07, 6.45) is 0. The number of carbonyl (C=O) groups excluding carboxylic acids is 2. The summed E-state index contributed by atoms with van der Waals surface area (Å²) in [5, 5.41) is 5.79. The summed E-state index contributed by atoms with van der Waals surface area (Å²) in [5.41, 5.74) is 2.46. The molecule has 2 N–H and O–H groups in total. The molecule has 0 bridgehead atoms. The lowest BCUT2D eigenvalue weighted by molar-refractivity contribution is 0.0938. The number of methoxy groups -OCH3 is 1. The van der Waals surface area contributed by atoms with E-state index in [1.165, 1.54) is 7.11 Å². The fraction of sp³-hybridized carbons (Fsp3) is 0.130. The van der Waals surface area contributed by atoms with Crippen LogP contribution in [-0.4, -0.2) is 18.9 Å². The number of hydrogen-bond acceptors (Lipinski definition) is 3. The van der Waals surface area contributed by atoms with Crippen molar-refractivity contribution < 1.29 is 14.3 Å². The van der Waals surface area contributed by atoms with Crippen LogP contribution in [0.1, 0.15) is 39.2 Å². The number of para-hydroxylation sites is 1. The predicted molar refractivity (Wildman–Crippen MR) is 110 cm³/mol. The van der Waals surface area contributed by atoms with Crippen molar-refractivity contribution in [3.05, 3.63) is 95.6 Å². The standard InChI is InChI=1S/C23H22N2O3/c1-16(17-9-4-3-5-10-17)24-22(26)18-11-8-12-19(15-18)25-23(27)20-13-6-7-14-21(20)28-2/h3-16H,1-2H3,(H,24,26)(H,25,27). The Hall–Kier alpha value is -3.60. The van der Waals surface area contributed by atoms with Gasteiger partial charge in [0.2, 0.25) is 0 Å². The van der Waals surface area contributed by atoms with Gasteiger partial charge in [-0.2, -0.15) is 0 Å². The van der Waals surface area contributed by atoms with Crippen LogP contribution in [-0.2, 0) is 0 Å². The van der Waals surface area contributed by atoms with Crippen molar-refractivity contribution >= 4 is 17.5 Å². The molecule has 0 fully saturated rings. The SMILES string of the molecule is COc1ccccc1C(=O)Nc1cccc(C(=O)NC(C)c2ccccc2)c1. The molecule has 3 aromatic carbocycles. The fourth-order valence-electron chi connectivity index (χ4n) is 2.87. The molecule has 28 heavy (non-hydrogen) atoms. The topological polar surface area (TPSA) is 67.4 Å². The molecule has 3 rings (SSSR count). The summed E-state index contributed by atoms with van der Waals surface area (Å²) >= 11 is 0. The van der Waals surface area contributed by atoms with Gasteiger partial charge in [0.05, 0.1) is 18.7 Å². The molecule has 0 aliphatic rings. The Morgan fingerprint density at radius 2 is 1.57 bits per heavy atom. The van der Waals surface area contributed by atoms with E-state index in [2.05, 4.69) is 10.6 Å². The first-order chi connectivity index (χ1) is 13.6. The van der Waals surface area contributed by atoms with Gasteiger partial charge in [-0.25, -0.2) is 0 Å². The molecule has 0 aliphatic carbocycles. The van der Waals surface area contributed by atoms with Gasteiger partial charge in [-0.3, -0.25) is 9.59 Å². The predicted octanol–water partition coefficient (Wildman–Crippen LogP) is 4.44. The molecule has 2 amide bonds. The second-order valence-corrected chi connectivity index (χ2v) is 6.34. The minimum absolute atomic E-state index is 0.125. The van der Waals surface area contributed by atoms with Crippen LogP contribution in [0.4, 0.5) is 5.69 Å². The van der Waals surface area contributed by atoms with E-state index in [0.717, 1.165) is 5.56 Å². The number of anilines is 1. The van der Waals surface area contributed by atoms with Crippen LogP contribution in [0.5, 0.6) is 5.75 Å². The number of hydrogen-bond donors (Lipinski definition) is 2. The lowest BCUT2D eigenvalue weighted by atomic mass is 10.1. The van der Waals surface area contributed by atoms with Gasteiger partial charge in [0.25, 0.3) is 11.8 Å². The van der Waals surface area contributed by atoms with Crippen LogP contribution < -0.4 is 15.4 Å². The van der Waals surface area contributed by atoms with Gasteiger partial charge in [-0.05, 0) is 42.8 Å². The molecule has 0 radical (unpaired) electrons. The molecule has 0 aromatic heterocycles. The first-order valence-corrected chi connectivity index (χ1v) is 8.98. The van der Waals surface area contributed by atoms with Gasteiger partial charge in [-0.15, -0.1) is 0 Å². The maximum absolute atomic E-state index is 12.6. The molecular weight excluding hydrogens is 352 g/mol. The van der Waals surface area contributed by atoms with Crippen LogP contribution in [0.3, 0.4) is 0 Å². The number of rotatable bonds is 6. The molecule has 0 saturated heterocycles. The van der Waals surface area contributed by atoms with Crippen molar-refractivity contribution in [1.29, 1.82) is 0 Å². The molecule has 3 aromatic rings. The maximum Gasteiger partial charge on any atom is 0.259 e. The van der Waals surface area contributed by atoms with Crippen molar-refractivity contribution in [1.82, 2.24) is 5.32 Å². The van der Waals surface area contributed by atoms with Crippen molar-refractivity contribution in [3.63, 3.8) is 0 Å². The van der Waals surface area contributed by atoms with Gasteiger partial charge in [0.15, 0.2) is 0 Å². The fourth-order valence-corrected chi connectivity index (χ4v) is 2.87. The zero-order valence-corrected chi connectivity index (χ0v) is 15.8. The number of benzene rings is 3. The summed E-state index contributed by atoms with van der Waals surface area (Å²) in [5.74, 6) is -0.0111. The third-order valence-electron chi connectivity index (χ3n) is 4.38. The van der Waals surface area contributed by atoms with Crippen LogP contribution in [0.25, 0.3) is 0 Å². The van der Waals surface area contributed by atoms with E-state index in [1.807, 2.05) is 37.3 Å². The highest BCUT2D eigenvalue weighted by Gasteiger charge is 2.14. The zero-order valence-electron chi connectivity index (χ0n) is 15.8. The Morgan fingerprint density at radius 1 is 0.857 bits per heavy atom. The number of ether oxygens (including phenoxy) is 1. The molecule has 1 atom stereocenters. The van der Waals surface area contributed by atoms with Crippen molar-refractivity contribution in [2.75, 3.05) is 12.4 Å². The van der Waals surface area contributed by atoms with Gasteiger partial charge in [0, 0.05) is 11.3 Å². The molecule has 0 saturated carbocycles. The van der Waals surface area contributed by atoms with Gasteiger partial charge >= 0.3 is 0 Å². The Bertz CT molecular complexity index is 970. The minimum atomic E-state index is -0.298. The Morgan fingerprint density at radius 3 is 2.32 bits per heavy atom. The lowest BCUT2D eigenvalue weighted by Gasteiger charge is -2.15. The molecule has 0 aliphatic heterocycles. The average molecular weight is 374 g/mol. The first-order valence-electron chi connectivity index (χ1n) is 8.98. The number of carbonyl (C=O) groups is 2. The third-order valence-corrected chi connectivity index (χ3v) is 4.38. The molecule has 0 spiro atoms. The highest BCUT2D eigenvalue weighted by atomic mass is 16.5. The summed E-state index contributed by atoms with van der Waals surface area (Å²) in [4.78, 5) is 25.1. The van der Waals surface area contributed by atoms with E-state index in [1.54, 1.807) is 48.5 Å². The largest absolute Gasteiger partial charge is 0.496 e. The first kappa shape index (κ1) is 19.2. The van der Waals surface area contributed by atoms with Crippen LogP contribution in [0, 0.1) is 0 Å². The molecule has 5 heteroatoms. The summed E-state index contributed by atoms with van der Waals surface area (Å²) < 4.78 is 5.23.